The lowest BCUT2D eigenvalue weighted by Gasteiger charge is -2.40. The molecule has 2 fully saturated rings. The number of hydrogen-bond acceptors (Lipinski definition) is 9. The third kappa shape index (κ3) is 6.27. The first-order valence-electron chi connectivity index (χ1n) is 15.0. The van der Waals surface area contributed by atoms with Gasteiger partial charge in [-0.05, 0) is 49.3 Å². The van der Waals surface area contributed by atoms with Crippen LogP contribution in [0, 0.1) is 0 Å². The van der Waals surface area contributed by atoms with Crippen LogP contribution in [0.5, 0.6) is 0 Å². The van der Waals surface area contributed by atoms with E-state index in [2.05, 4.69) is 55.9 Å². The Morgan fingerprint density at radius 1 is 1.14 bits per heavy atom. The number of aliphatic hydroxyl groups is 1. The molecule has 2 atom stereocenters. The van der Waals surface area contributed by atoms with E-state index in [-0.39, 0.29) is 24.7 Å². The van der Waals surface area contributed by atoms with Crippen molar-refractivity contribution in [2.45, 2.75) is 44.4 Å². The summed E-state index contributed by atoms with van der Waals surface area (Å²) in [6, 6.07) is 8.32. The summed E-state index contributed by atoms with van der Waals surface area (Å²) in [7, 11) is 0. The number of nitrogens with zero attached hydrogens (tertiary/aromatic N) is 6. The van der Waals surface area contributed by atoms with Gasteiger partial charge in [0.05, 0.1) is 11.7 Å². The highest BCUT2D eigenvalue weighted by Gasteiger charge is 2.28. The molecule has 11 nitrogen and oxygen atoms in total. The van der Waals surface area contributed by atoms with Crippen molar-refractivity contribution < 1.29 is 19.0 Å². The van der Waals surface area contributed by atoms with Crippen molar-refractivity contribution in [3.8, 4) is 11.4 Å². The third-order valence-corrected chi connectivity index (χ3v) is 8.72. The number of aromatic nitrogens is 4. The van der Waals surface area contributed by atoms with E-state index >= 15 is 0 Å². The van der Waals surface area contributed by atoms with E-state index in [4.69, 9.17) is 20.6 Å². The summed E-state index contributed by atoms with van der Waals surface area (Å²) >= 11 is 0. The number of hydrogen-bond donors (Lipinski definition) is 3. The molecule has 12 heteroatoms. The van der Waals surface area contributed by atoms with Gasteiger partial charge in [0.15, 0.2) is 5.65 Å². The molecule has 0 spiro atoms. The van der Waals surface area contributed by atoms with Crippen molar-refractivity contribution >= 4 is 28.3 Å². The number of piperazine rings is 1. The van der Waals surface area contributed by atoms with Crippen molar-refractivity contribution in [3.63, 3.8) is 0 Å². The predicted octanol–water partition coefficient (Wildman–Crippen LogP) is 2.50. The van der Waals surface area contributed by atoms with Crippen LogP contribution in [-0.4, -0.2) is 111 Å². The molecule has 0 radical (unpaired) electrons. The molecule has 43 heavy (non-hydrogen) atoms. The van der Waals surface area contributed by atoms with Crippen LogP contribution in [0.25, 0.3) is 28.1 Å². The number of aromatic amines is 1. The zero-order valence-electron chi connectivity index (χ0n) is 24.5. The van der Waals surface area contributed by atoms with Gasteiger partial charge in [0, 0.05) is 69.4 Å². The zero-order valence-corrected chi connectivity index (χ0v) is 24.5. The molecule has 0 saturated carbocycles. The van der Waals surface area contributed by atoms with Crippen LogP contribution in [0.4, 0.5) is 10.1 Å². The van der Waals surface area contributed by atoms with Gasteiger partial charge < -0.3 is 30.4 Å². The molecule has 2 aromatic heterocycles. The second-order valence-electron chi connectivity index (χ2n) is 11.5. The average molecular weight is 591 g/mol. The van der Waals surface area contributed by atoms with Crippen molar-refractivity contribution in [2.75, 3.05) is 57.4 Å². The summed E-state index contributed by atoms with van der Waals surface area (Å²) < 4.78 is 19.1. The number of piperidine rings is 1. The number of rotatable bonds is 8. The number of nitrogens with one attached hydrogen (secondary N) is 1. The fraction of sp³-hybridized carbons (Fsp3) is 0.484. The number of alkyl halides is 1. The molecule has 4 N–H and O–H groups in total. The van der Waals surface area contributed by atoms with Gasteiger partial charge in [-0.25, -0.2) is 19.3 Å². The number of amides is 1. The van der Waals surface area contributed by atoms with Gasteiger partial charge in [0.2, 0.25) is 5.91 Å². The Bertz CT molecular complexity index is 1500. The highest BCUT2D eigenvalue weighted by molar-refractivity contribution is 5.88. The van der Waals surface area contributed by atoms with Crippen LogP contribution in [-0.2, 0) is 9.53 Å². The number of ether oxygens (including phenoxy) is 1. The number of halogens is 1. The van der Waals surface area contributed by atoms with Crippen LogP contribution in [0.15, 0.2) is 48.5 Å². The summed E-state index contributed by atoms with van der Waals surface area (Å²) in [4.78, 5) is 35.2. The van der Waals surface area contributed by atoms with E-state index in [1.165, 1.54) is 6.33 Å². The van der Waals surface area contributed by atoms with E-state index in [9.17, 15) is 9.18 Å². The molecule has 3 aliphatic rings. The molecule has 6 rings (SSSR count). The number of carbonyl (C=O) groups excluding carboxylic acids is 1. The number of benzene rings is 1. The Hall–Kier alpha value is -3.87. The average Bonchev–Trinajstić information content (AvgIpc) is 3.48. The lowest BCUT2D eigenvalue weighted by molar-refractivity contribution is -0.136. The minimum Gasteiger partial charge on any atom is -0.493 e. The fourth-order valence-corrected chi connectivity index (χ4v) is 6.23. The molecular formula is C31H39FN8O3. The number of anilines is 1. The number of H-pyrrole nitrogens is 1. The zero-order chi connectivity index (χ0) is 29.9. The van der Waals surface area contributed by atoms with Gasteiger partial charge >= 0.3 is 0 Å². The number of imidazole rings is 1. The van der Waals surface area contributed by atoms with Gasteiger partial charge in [-0.3, -0.25) is 9.69 Å². The number of fused-ring (bicyclic) bond motifs is 1. The van der Waals surface area contributed by atoms with Crippen LogP contribution >= 0.6 is 0 Å². The quantitative estimate of drug-likeness (QED) is 0.361. The van der Waals surface area contributed by atoms with Crippen molar-refractivity contribution in [2.24, 2.45) is 5.73 Å². The lowest BCUT2D eigenvalue weighted by atomic mass is 9.96. The molecule has 2 aliphatic heterocycles. The Morgan fingerprint density at radius 2 is 1.93 bits per heavy atom. The number of aliphatic hydroxyl groups excluding tert-OH is 1. The smallest absolute Gasteiger partial charge is 0.248 e. The molecular weight excluding hydrogens is 551 g/mol. The summed E-state index contributed by atoms with van der Waals surface area (Å²) in [5, 5.41) is 9.09. The molecule has 4 heterocycles. The number of carbonyl (C=O) groups is 1. The molecule has 1 aliphatic carbocycles. The highest BCUT2D eigenvalue weighted by Crippen LogP contribution is 2.32. The van der Waals surface area contributed by atoms with Crippen molar-refractivity contribution in [3.05, 3.63) is 54.2 Å². The van der Waals surface area contributed by atoms with Crippen LogP contribution < -0.4 is 10.6 Å². The second-order valence-corrected chi connectivity index (χ2v) is 11.5. The minimum atomic E-state index is -0.462. The first-order chi connectivity index (χ1) is 20.9. The topological polar surface area (TPSA) is 137 Å². The number of likely N-dealkylation sites (tertiary alicyclic amines) is 1. The molecule has 1 aromatic carbocycles. The third-order valence-electron chi connectivity index (χ3n) is 8.72. The number of nitrogens with two attached hydrogens (primary N) is 1. The highest BCUT2D eigenvalue weighted by atomic mass is 19.1. The van der Waals surface area contributed by atoms with Gasteiger partial charge in [-0.1, -0.05) is 6.08 Å². The van der Waals surface area contributed by atoms with Crippen LogP contribution in [0.2, 0.25) is 0 Å². The van der Waals surface area contributed by atoms with Gasteiger partial charge in [-0.2, -0.15) is 0 Å². The summed E-state index contributed by atoms with van der Waals surface area (Å²) in [5.74, 6) is 1.20. The van der Waals surface area contributed by atoms with Gasteiger partial charge in [0.25, 0.3) is 0 Å². The van der Waals surface area contributed by atoms with Crippen LogP contribution in [0.3, 0.4) is 0 Å². The van der Waals surface area contributed by atoms with Crippen LogP contribution in [0.1, 0.15) is 31.9 Å². The van der Waals surface area contributed by atoms with Crippen molar-refractivity contribution in [1.29, 1.82) is 0 Å². The maximum absolute atomic E-state index is 12.8. The molecule has 228 valence electrons. The Labute approximate surface area is 250 Å². The van der Waals surface area contributed by atoms with Gasteiger partial charge in [-0.15, -0.1) is 0 Å². The normalized spacial score (nSPS) is 22.0. The Kier molecular flexibility index (Phi) is 8.68. The standard InChI is InChI=1S/C31H39FN8O3/c1-20-17-40(15-14-38(20)13-10-32)23-5-2-21(3-6-23)30-36-29-28(34-19-35-31(29)37-30)22-4-7-26(25(33)16-22)43-24-8-11-39(12-9-24)27(42)18-41/h2-7,19-20,24-25,41H,8-18,33H2,1H3,(H,34,35,36,37). The second kappa shape index (κ2) is 12.8. The van der Waals surface area contributed by atoms with E-state index in [1.807, 2.05) is 12.2 Å². The largest absolute Gasteiger partial charge is 0.493 e. The number of allylic oxidation sites excluding steroid dienone is 2. The van der Waals surface area contributed by atoms with E-state index in [0.717, 1.165) is 53.7 Å². The molecule has 3 aromatic rings. The molecule has 0 bridgehead atoms. The summed E-state index contributed by atoms with van der Waals surface area (Å²) in [5.41, 5.74) is 11.7. The monoisotopic (exact) mass is 590 g/mol. The molecule has 1 amide bonds. The summed E-state index contributed by atoms with van der Waals surface area (Å²) in [6.45, 7) is 5.60. The first kappa shape index (κ1) is 29.2. The van der Waals surface area contributed by atoms with E-state index in [1.54, 1.807) is 4.90 Å². The molecule has 2 saturated heterocycles. The Morgan fingerprint density at radius 3 is 2.63 bits per heavy atom. The van der Waals surface area contributed by atoms with Gasteiger partial charge in [0.1, 0.15) is 42.8 Å². The maximum atomic E-state index is 12.8. The lowest BCUT2D eigenvalue weighted by Crippen LogP contribution is -2.52. The Balaban J connectivity index is 1.15. The first-order valence-corrected chi connectivity index (χ1v) is 15.0. The SMILES string of the molecule is CC1CN(c2ccc(-c3nc4c(C5=CC=C(OC6CCN(C(=O)CO)CC6)C(N)C5)ncnc4[nH]3)cc2)CCN1CCF. The predicted molar refractivity (Wildman–Crippen MR) is 163 cm³/mol. The maximum Gasteiger partial charge on any atom is 0.248 e. The molecule has 2 unspecified atom stereocenters. The van der Waals surface area contributed by atoms with E-state index in [0.29, 0.717) is 56.1 Å². The minimum absolute atomic E-state index is 0.0181. The van der Waals surface area contributed by atoms with E-state index < -0.39 is 6.61 Å². The van der Waals surface area contributed by atoms with Crippen molar-refractivity contribution in [1.82, 2.24) is 29.7 Å². The fourth-order valence-electron chi connectivity index (χ4n) is 6.23. The summed E-state index contributed by atoms with van der Waals surface area (Å²) in [6.07, 6.45) is 7.37.